The fraction of sp³-hybridized carbons (Fsp3) is 0.348. The lowest BCUT2D eigenvalue weighted by Crippen LogP contribution is -2.26. The third-order valence-corrected chi connectivity index (χ3v) is 4.73. The highest BCUT2D eigenvalue weighted by Gasteiger charge is 2.16. The summed E-state index contributed by atoms with van der Waals surface area (Å²) in [5.41, 5.74) is 1.49. The predicted molar refractivity (Wildman–Crippen MR) is 115 cm³/mol. The van der Waals surface area contributed by atoms with Gasteiger partial charge in [0.25, 0.3) is 0 Å². The highest BCUT2D eigenvalue weighted by atomic mass is 19.3. The summed E-state index contributed by atoms with van der Waals surface area (Å²) in [6.45, 7) is -0.184. The van der Waals surface area contributed by atoms with Gasteiger partial charge in [-0.15, -0.1) is 0 Å². The Labute approximate surface area is 190 Å². The van der Waals surface area contributed by atoms with Crippen LogP contribution in [-0.4, -0.2) is 48.3 Å². The summed E-state index contributed by atoms with van der Waals surface area (Å²) in [4.78, 5) is 18.4. The van der Waals surface area contributed by atoms with Gasteiger partial charge in [0.15, 0.2) is 11.5 Å². The molecule has 0 saturated carbocycles. The second-order valence-corrected chi connectivity index (χ2v) is 7.08. The molecule has 2 aromatic carbocycles. The molecule has 0 fully saturated rings. The lowest BCUT2D eigenvalue weighted by atomic mass is 10.1. The molecule has 0 aliphatic heterocycles. The van der Waals surface area contributed by atoms with Gasteiger partial charge in [0.1, 0.15) is 5.75 Å². The van der Waals surface area contributed by atoms with E-state index in [0.29, 0.717) is 23.9 Å². The molecule has 0 aliphatic carbocycles. The molecule has 0 atom stereocenters. The van der Waals surface area contributed by atoms with Crippen LogP contribution in [0.15, 0.2) is 47.0 Å². The lowest BCUT2D eigenvalue weighted by molar-refractivity contribution is -0.130. The smallest absolute Gasteiger partial charge is 0.387 e. The van der Waals surface area contributed by atoms with E-state index in [0.717, 1.165) is 11.3 Å². The number of benzene rings is 2. The molecule has 33 heavy (non-hydrogen) atoms. The van der Waals surface area contributed by atoms with Crippen molar-refractivity contribution in [1.29, 1.82) is 0 Å². The average Bonchev–Trinajstić information content (AvgIpc) is 3.28. The lowest BCUT2D eigenvalue weighted by Gasteiger charge is -2.18. The first-order valence-corrected chi connectivity index (χ1v) is 10.3. The molecule has 0 aliphatic rings. The normalized spacial score (nSPS) is 10.8. The zero-order valence-corrected chi connectivity index (χ0v) is 18.6. The zero-order valence-electron chi connectivity index (χ0n) is 18.6. The van der Waals surface area contributed by atoms with Crippen molar-refractivity contribution in [3.63, 3.8) is 0 Å². The summed E-state index contributed by atoms with van der Waals surface area (Å²) in [6.07, 6.45) is 0.461. The van der Waals surface area contributed by atoms with Crippen molar-refractivity contribution in [2.75, 3.05) is 20.8 Å². The Balaban J connectivity index is 1.54. The highest BCUT2D eigenvalue weighted by molar-refractivity contribution is 5.76. The minimum absolute atomic E-state index is 0.0649. The van der Waals surface area contributed by atoms with Crippen LogP contribution in [0.4, 0.5) is 8.78 Å². The van der Waals surface area contributed by atoms with Crippen LogP contribution in [0.2, 0.25) is 0 Å². The number of aromatic nitrogens is 2. The molecule has 0 unspecified atom stereocenters. The molecule has 10 heteroatoms. The Hall–Kier alpha value is -3.69. The van der Waals surface area contributed by atoms with Crippen LogP contribution in [0.1, 0.15) is 24.8 Å². The number of carbonyl (C=O) groups excluding carboxylic acids is 1. The number of alkyl halides is 2. The van der Waals surface area contributed by atoms with E-state index in [1.807, 2.05) is 31.2 Å². The molecule has 0 spiro atoms. The van der Waals surface area contributed by atoms with E-state index in [-0.39, 0.29) is 36.8 Å². The Morgan fingerprint density at radius 3 is 2.58 bits per heavy atom. The van der Waals surface area contributed by atoms with Gasteiger partial charge >= 0.3 is 6.61 Å². The predicted octanol–water partition coefficient (Wildman–Crippen LogP) is 4.34. The first-order chi connectivity index (χ1) is 15.9. The monoisotopic (exact) mass is 461 g/mol. The fourth-order valence-electron chi connectivity index (χ4n) is 3.11. The average molecular weight is 461 g/mol. The van der Waals surface area contributed by atoms with E-state index in [9.17, 15) is 13.6 Å². The van der Waals surface area contributed by atoms with Gasteiger partial charge in [-0.2, -0.15) is 13.8 Å². The maximum Gasteiger partial charge on any atom is 0.387 e. The molecule has 8 nitrogen and oxygen atoms in total. The Morgan fingerprint density at radius 2 is 1.91 bits per heavy atom. The number of ether oxygens (including phenoxy) is 3. The summed E-state index contributed by atoms with van der Waals surface area (Å²) >= 11 is 0. The Bertz CT molecular complexity index is 1060. The molecule has 0 N–H and O–H groups in total. The Morgan fingerprint density at radius 1 is 1.15 bits per heavy atom. The van der Waals surface area contributed by atoms with Crippen molar-refractivity contribution in [2.45, 2.75) is 32.9 Å². The van der Waals surface area contributed by atoms with Gasteiger partial charge in [-0.1, -0.05) is 11.2 Å². The standard InChI is InChI=1S/C23H25F2N3O5/c1-4-31-17-8-6-16(7-9-17)22-26-20(33-27-22)11-12-21(29)28(2)14-15-5-10-18(32-23(24)25)19(13-15)30-3/h5-10,13,23H,4,11-12,14H2,1-3H3. The van der Waals surface area contributed by atoms with Crippen molar-refractivity contribution in [3.05, 3.63) is 53.9 Å². The number of nitrogens with zero attached hydrogens (tertiary/aromatic N) is 3. The van der Waals surface area contributed by atoms with E-state index in [4.69, 9.17) is 14.0 Å². The van der Waals surface area contributed by atoms with Crippen LogP contribution in [0, 0.1) is 0 Å². The van der Waals surface area contributed by atoms with Gasteiger partial charge in [0, 0.05) is 32.0 Å². The fourth-order valence-corrected chi connectivity index (χ4v) is 3.11. The number of halogens is 2. The van der Waals surface area contributed by atoms with Crippen LogP contribution in [0.5, 0.6) is 17.2 Å². The van der Waals surface area contributed by atoms with Crippen molar-refractivity contribution in [3.8, 4) is 28.6 Å². The number of rotatable bonds is 11. The topological polar surface area (TPSA) is 86.9 Å². The molecule has 1 amide bonds. The number of amides is 1. The van der Waals surface area contributed by atoms with Crippen LogP contribution in [-0.2, 0) is 17.8 Å². The van der Waals surface area contributed by atoms with Gasteiger partial charge in [0.2, 0.25) is 17.6 Å². The molecule has 1 aromatic heterocycles. The molecule has 176 valence electrons. The van der Waals surface area contributed by atoms with Crippen molar-refractivity contribution in [1.82, 2.24) is 15.0 Å². The third kappa shape index (κ3) is 6.64. The van der Waals surface area contributed by atoms with Crippen molar-refractivity contribution < 1.29 is 32.3 Å². The maximum atomic E-state index is 12.5. The molecular weight excluding hydrogens is 436 g/mol. The molecule has 0 radical (unpaired) electrons. The van der Waals surface area contributed by atoms with Crippen LogP contribution >= 0.6 is 0 Å². The number of aryl methyl sites for hydroxylation is 1. The van der Waals surface area contributed by atoms with Crippen LogP contribution < -0.4 is 14.2 Å². The maximum absolute atomic E-state index is 12.5. The molecule has 1 heterocycles. The minimum Gasteiger partial charge on any atom is -0.494 e. The zero-order chi connectivity index (χ0) is 23.8. The molecule has 3 rings (SSSR count). The Kier molecular flexibility index (Phi) is 8.17. The van der Waals surface area contributed by atoms with E-state index < -0.39 is 6.61 Å². The van der Waals surface area contributed by atoms with Gasteiger partial charge in [0.05, 0.1) is 13.7 Å². The van der Waals surface area contributed by atoms with Crippen LogP contribution in [0.25, 0.3) is 11.4 Å². The molecule has 0 bridgehead atoms. The molecular formula is C23H25F2N3O5. The van der Waals surface area contributed by atoms with E-state index in [2.05, 4.69) is 14.9 Å². The number of hydrogen-bond acceptors (Lipinski definition) is 7. The van der Waals surface area contributed by atoms with Crippen molar-refractivity contribution >= 4 is 5.91 Å². The number of carbonyl (C=O) groups is 1. The number of methoxy groups -OCH3 is 1. The van der Waals surface area contributed by atoms with Gasteiger partial charge in [-0.05, 0) is 48.9 Å². The van der Waals surface area contributed by atoms with E-state index in [1.165, 1.54) is 18.1 Å². The summed E-state index contributed by atoms with van der Waals surface area (Å²) < 4.78 is 45.1. The summed E-state index contributed by atoms with van der Waals surface area (Å²) in [7, 11) is 3.01. The first kappa shape index (κ1) is 24.0. The summed E-state index contributed by atoms with van der Waals surface area (Å²) in [5.74, 6) is 1.52. The summed E-state index contributed by atoms with van der Waals surface area (Å²) in [6, 6.07) is 11.9. The highest BCUT2D eigenvalue weighted by Crippen LogP contribution is 2.30. The largest absolute Gasteiger partial charge is 0.494 e. The van der Waals surface area contributed by atoms with Gasteiger partial charge < -0.3 is 23.6 Å². The van der Waals surface area contributed by atoms with Crippen LogP contribution in [0.3, 0.4) is 0 Å². The minimum atomic E-state index is -2.95. The summed E-state index contributed by atoms with van der Waals surface area (Å²) in [5, 5.41) is 3.97. The second-order valence-electron chi connectivity index (χ2n) is 7.08. The third-order valence-electron chi connectivity index (χ3n) is 4.73. The molecule has 0 saturated heterocycles. The second kappa shape index (κ2) is 11.3. The quantitative estimate of drug-likeness (QED) is 0.420. The molecule has 3 aromatic rings. The number of hydrogen-bond donors (Lipinski definition) is 0. The van der Waals surface area contributed by atoms with E-state index in [1.54, 1.807) is 19.2 Å². The first-order valence-electron chi connectivity index (χ1n) is 10.3. The van der Waals surface area contributed by atoms with E-state index >= 15 is 0 Å². The SMILES string of the molecule is CCOc1ccc(-c2noc(CCC(=O)N(C)Cc3ccc(OC(F)F)c(OC)c3)n2)cc1. The van der Waals surface area contributed by atoms with Gasteiger partial charge in [-0.3, -0.25) is 4.79 Å². The van der Waals surface area contributed by atoms with Gasteiger partial charge in [-0.25, -0.2) is 0 Å². The van der Waals surface area contributed by atoms with Crippen molar-refractivity contribution in [2.24, 2.45) is 0 Å².